The molecule has 0 spiro atoms. The first-order valence-corrected chi connectivity index (χ1v) is 10.0. The van der Waals surface area contributed by atoms with Gasteiger partial charge in [-0.05, 0) is 41.3 Å². The molecule has 0 bridgehead atoms. The van der Waals surface area contributed by atoms with Gasteiger partial charge in [0.1, 0.15) is 4.88 Å². The predicted molar refractivity (Wildman–Crippen MR) is 108 cm³/mol. The standard InChI is InChI=1S/C21H16ClNO5S/c22-15-6-4-14(5-7-15)19(28-21(25)18-2-1-9-29-18)20(24)23-11-13-3-8-16-17(10-13)27-12-26-16/h1-10,19H,11-12H2,(H,23,24)/t19-/m1/s1. The number of amides is 1. The molecule has 1 atom stereocenters. The zero-order valence-electron chi connectivity index (χ0n) is 15.1. The summed E-state index contributed by atoms with van der Waals surface area (Å²) in [6.45, 7) is 0.429. The van der Waals surface area contributed by atoms with Crippen LogP contribution in [-0.2, 0) is 16.1 Å². The van der Waals surface area contributed by atoms with Crippen molar-refractivity contribution in [3.05, 3.63) is 81.0 Å². The second-order valence-electron chi connectivity index (χ2n) is 6.22. The molecule has 1 aliphatic rings. The average molecular weight is 430 g/mol. The van der Waals surface area contributed by atoms with Gasteiger partial charge in [-0.3, -0.25) is 4.79 Å². The molecule has 1 N–H and O–H groups in total. The summed E-state index contributed by atoms with van der Waals surface area (Å²) in [6, 6.07) is 15.4. The van der Waals surface area contributed by atoms with E-state index >= 15 is 0 Å². The summed E-state index contributed by atoms with van der Waals surface area (Å²) in [5.41, 5.74) is 1.37. The quantitative estimate of drug-likeness (QED) is 0.590. The van der Waals surface area contributed by atoms with Crippen LogP contribution in [0.15, 0.2) is 60.0 Å². The van der Waals surface area contributed by atoms with Gasteiger partial charge in [0, 0.05) is 17.1 Å². The topological polar surface area (TPSA) is 73.9 Å². The van der Waals surface area contributed by atoms with Gasteiger partial charge in [-0.2, -0.15) is 0 Å². The summed E-state index contributed by atoms with van der Waals surface area (Å²) in [5.74, 6) is 0.312. The lowest BCUT2D eigenvalue weighted by molar-refractivity contribution is -0.130. The van der Waals surface area contributed by atoms with Crippen molar-refractivity contribution >= 4 is 34.8 Å². The monoisotopic (exact) mass is 429 g/mol. The van der Waals surface area contributed by atoms with E-state index < -0.39 is 18.0 Å². The first-order chi connectivity index (χ1) is 14.1. The maximum Gasteiger partial charge on any atom is 0.349 e. The van der Waals surface area contributed by atoms with Crippen LogP contribution in [0.25, 0.3) is 0 Å². The summed E-state index contributed by atoms with van der Waals surface area (Å²) in [5, 5.41) is 5.11. The minimum Gasteiger partial charge on any atom is -0.454 e. The van der Waals surface area contributed by atoms with Crippen molar-refractivity contribution in [1.82, 2.24) is 5.32 Å². The van der Waals surface area contributed by atoms with Crippen molar-refractivity contribution in [1.29, 1.82) is 0 Å². The number of halogens is 1. The largest absolute Gasteiger partial charge is 0.454 e. The predicted octanol–water partition coefficient (Wildman–Crippen LogP) is 4.34. The van der Waals surface area contributed by atoms with Crippen molar-refractivity contribution in [2.75, 3.05) is 6.79 Å². The Balaban J connectivity index is 1.49. The van der Waals surface area contributed by atoms with Crippen LogP contribution in [0.2, 0.25) is 5.02 Å². The van der Waals surface area contributed by atoms with E-state index in [-0.39, 0.29) is 13.3 Å². The number of hydrogen-bond donors (Lipinski definition) is 1. The highest BCUT2D eigenvalue weighted by Gasteiger charge is 2.26. The van der Waals surface area contributed by atoms with Crippen LogP contribution >= 0.6 is 22.9 Å². The number of esters is 1. The van der Waals surface area contributed by atoms with Gasteiger partial charge in [-0.25, -0.2) is 4.79 Å². The molecule has 1 amide bonds. The minimum absolute atomic E-state index is 0.183. The molecule has 8 heteroatoms. The molecule has 2 heterocycles. The zero-order valence-corrected chi connectivity index (χ0v) is 16.7. The van der Waals surface area contributed by atoms with Crippen LogP contribution in [0.4, 0.5) is 0 Å². The second-order valence-corrected chi connectivity index (χ2v) is 7.60. The number of ether oxygens (including phenoxy) is 3. The number of nitrogens with one attached hydrogen (secondary N) is 1. The number of thiophene rings is 1. The van der Waals surface area contributed by atoms with Crippen molar-refractivity contribution in [2.45, 2.75) is 12.6 Å². The smallest absolute Gasteiger partial charge is 0.349 e. The molecular formula is C21H16ClNO5S. The van der Waals surface area contributed by atoms with Gasteiger partial charge in [0.15, 0.2) is 11.5 Å². The number of rotatable bonds is 6. The van der Waals surface area contributed by atoms with Gasteiger partial charge in [0.2, 0.25) is 12.9 Å². The molecule has 29 heavy (non-hydrogen) atoms. The third-order valence-corrected chi connectivity index (χ3v) is 5.36. The summed E-state index contributed by atoms with van der Waals surface area (Å²) in [4.78, 5) is 25.7. The Kier molecular flexibility index (Phi) is 5.69. The number of carbonyl (C=O) groups is 2. The number of hydrogen-bond acceptors (Lipinski definition) is 6. The number of fused-ring (bicyclic) bond motifs is 1. The molecule has 3 aromatic rings. The van der Waals surface area contributed by atoms with Crippen molar-refractivity contribution < 1.29 is 23.8 Å². The Morgan fingerprint density at radius 1 is 1.10 bits per heavy atom. The van der Waals surface area contributed by atoms with Crippen LogP contribution in [-0.4, -0.2) is 18.7 Å². The molecule has 4 rings (SSSR count). The molecule has 0 saturated carbocycles. The fraction of sp³-hybridized carbons (Fsp3) is 0.143. The third kappa shape index (κ3) is 4.52. The lowest BCUT2D eigenvalue weighted by atomic mass is 10.1. The molecule has 0 radical (unpaired) electrons. The first-order valence-electron chi connectivity index (χ1n) is 8.76. The van der Waals surface area contributed by atoms with Crippen LogP contribution in [0.1, 0.15) is 26.9 Å². The zero-order chi connectivity index (χ0) is 20.2. The molecular weight excluding hydrogens is 414 g/mol. The average Bonchev–Trinajstić information content (AvgIpc) is 3.42. The van der Waals surface area contributed by atoms with E-state index in [1.54, 1.807) is 53.9 Å². The molecule has 1 aromatic heterocycles. The van der Waals surface area contributed by atoms with E-state index in [0.29, 0.717) is 27.0 Å². The maximum atomic E-state index is 12.9. The summed E-state index contributed by atoms with van der Waals surface area (Å²) < 4.78 is 16.2. The van der Waals surface area contributed by atoms with Crippen LogP contribution in [0, 0.1) is 0 Å². The highest BCUT2D eigenvalue weighted by Crippen LogP contribution is 2.32. The fourth-order valence-corrected chi connectivity index (χ4v) is 3.53. The lowest BCUT2D eigenvalue weighted by Crippen LogP contribution is -2.31. The molecule has 6 nitrogen and oxygen atoms in total. The SMILES string of the molecule is O=C(O[C@@H](C(=O)NCc1ccc2c(c1)OCO2)c1ccc(Cl)cc1)c1cccs1. The van der Waals surface area contributed by atoms with Crippen molar-refractivity contribution in [3.8, 4) is 11.5 Å². The summed E-state index contributed by atoms with van der Waals surface area (Å²) in [7, 11) is 0. The van der Waals surface area contributed by atoms with E-state index in [2.05, 4.69) is 5.32 Å². The Bertz CT molecular complexity index is 1020. The Labute approximate surface area is 176 Å². The Morgan fingerprint density at radius 3 is 2.66 bits per heavy atom. The van der Waals surface area contributed by atoms with Crippen LogP contribution in [0.5, 0.6) is 11.5 Å². The summed E-state index contributed by atoms with van der Waals surface area (Å²) >= 11 is 7.19. The maximum absolute atomic E-state index is 12.9. The highest BCUT2D eigenvalue weighted by molar-refractivity contribution is 7.11. The first kappa shape index (κ1) is 19.3. The number of carbonyl (C=O) groups excluding carboxylic acids is 2. The van der Waals surface area contributed by atoms with Crippen LogP contribution in [0.3, 0.4) is 0 Å². The molecule has 148 valence electrons. The third-order valence-electron chi connectivity index (χ3n) is 4.26. The van der Waals surface area contributed by atoms with E-state index in [9.17, 15) is 9.59 Å². The van der Waals surface area contributed by atoms with E-state index in [1.807, 2.05) is 6.07 Å². The van der Waals surface area contributed by atoms with Gasteiger partial charge in [0.25, 0.3) is 5.91 Å². The highest BCUT2D eigenvalue weighted by atomic mass is 35.5. The second kappa shape index (κ2) is 8.55. The molecule has 0 saturated heterocycles. The Hall–Kier alpha value is -3.03. The van der Waals surface area contributed by atoms with Gasteiger partial charge >= 0.3 is 5.97 Å². The van der Waals surface area contributed by atoms with Crippen molar-refractivity contribution in [3.63, 3.8) is 0 Å². The van der Waals surface area contributed by atoms with Crippen LogP contribution < -0.4 is 14.8 Å². The Morgan fingerprint density at radius 2 is 1.90 bits per heavy atom. The van der Waals surface area contributed by atoms with Gasteiger partial charge < -0.3 is 19.5 Å². The van der Waals surface area contributed by atoms with E-state index in [4.69, 9.17) is 25.8 Å². The van der Waals surface area contributed by atoms with Gasteiger partial charge in [-0.15, -0.1) is 11.3 Å². The minimum atomic E-state index is -1.10. The molecule has 2 aromatic carbocycles. The van der Waals surface area contributed by atoms with Gasteiger partial charge in [-0.1, -0.05) is 35.9 Å². The lowest BCUT2D eigenvalue weighted by Gasteiger charge is -2.18. The van der Waals surface area contributed by atoms with E-state index in [0.717, 1.165) is 5.56 Å². The summed E-state index contributed by atoms with van der Waals surface area (Å²) in [6.07, 6.45) is -1.10. The number of benzene rings is 2. The molecule has 1 aliphatic heterocycles. The van der Waals surface area contributed by atoms with E-state index in [1.165, 1.54) is 11.3 Å². The normalized spacial score (nSPS) is 13.0. The molecule has 0 aliphatic carbocycles. The fourth-order valence-electron chi connectivity index (χ4n) is 2.80. The van der Waals surface area contributed by atoms with Crippen molar-refractivity contribution in [2.24, 2.45) is 0 Å². The molecule has 0 unspecified atom stereocenters. The van der Waals surface area contributed by atoms with Gasteiger partial charge in [0.05, 0.1) is 0 Å². The molecule has 0 fully saturated rings.